The molecule has 0 spiro atoms. The van der Waals surface area contributed by atoms with E-state index in [0.29, 0.717) is 18.8 Å². The Bertz CT molecular complexity index is 1070. The molecule has 2 rings (SSSR count). The number of primary sulfonamides is 1. The summed E-state index contributed by atoms with van der Waals surface area (Å²) in [6, 6.07) is 11.2. The summed E-state index contributed by atoms with van der Waals surface area (Å²) in [5.74, 6) is -0.443. The van der Waals surface area contributed by atoms with Crippen molar-refractivity contribution in [2.75, 3.05) is 18.4 Å². The molecule has 0 atom stereocenters. The van der Waals surface area contributed by atoms with Gasteiger partial charge >= 0.3 is 0 Å². The largest absolute Gasteiger partial charge is 0.322 e. The van der Waals surface area contributed by atoms with E-state index in [1.807, 2.05) is 13.8 Å². The smallest absolute Gasteiger partial charge is 0.255 e. The third-order valence-electron chi connectivity index (χ3n) is 4.72. The SMILES string of the molecule is CCCCN(CCCC)S(=O)(=O)c1ccc(C(=O)Nc2ccc(S(N)(=O)=O)cc2)cc1. The first-order chi connectivity index (χ1) is 14.6. The van der Waals surface area contributed by atoms with Gasteiger partial charge in [0.05, 0.1) is 9.79 Å². The summed E-state index contributed by atoms with van der Waals surface area (Å²) in [4.78, 5) is 12.5. The number of hydrogen-bond donors (Lipinski definition) is 2. The summed E-state index contributed by atoms with van der Waals surface area (Å²) in [6.45, 7) is 4.96. The average molecular weight is 468 g/mol. The lowest BCUT2D eigenvalue weighted by Gasteiger charge is -2.22. The van der Waals surface area contributed by atoms with Crippen LogP contribution in [0.1, 0.15) is 49.9 Å². The predicted molar refractivity (Wildman–Crippen MR) is 121 cm³/mol. The van der Waals surface area contributed by atoms with Crippen LogP contribution in [0.4, 0.5) is 5.69 Å². The van der Waals surface area contributed by atoms with E-state index in [4.69, 9.17) is 5.14 Å². The number of nitrogens with zero attached hydrogens (tertiary/aromatic N) is 1. The highest BCUT2D eigenvalue weighted by atomic mass is 32.2. The molecule has 170 valence electrons. The van der Waals surface area contributed by atoms with Crippen molar-refractivity contribution in [1.82, 2.24) is 4.31 Å². The lowest BCUT2D eigenvalue weighted by Crippen LogP contribution is -2.33. The summed E-state index contributed by atoms with van der Waals surface area (Å²) in [6.07, 6.45) is 3.37. The third-order valence-corrected chi connectivity index (χ3v) is 7.56. The summed E-state index contributed by atoms with van der Waals surface area (Å²) in [5.41, 5.74) is 0.669. The standard InChI is InChI=1S/C21H29N3O5S2/c1-3-5-15-24(16-6-4-2)31(28,29)20-11-7-17(8-12-20)21(25)23-18-9-13-19(14-10-18)30(22,26)27/h7-14H,3-6,15-16H2,1-2H3,(H,23,25)(H2,22,26,27). The van der Waals surface area contributed by atoms with Crippen molar-refractivity contribution in [3.8, 4) is 0 Å². The van der Waals surface area contributed by atoms with Gasteiger partial charge in [-0.2, -0.15) is 4.31 Å². The zero-order chi connectivity index (χ0) is 23.1. The molecule has 1 amide bonds. The predicted octanol–water partition coefficient (Wildman–Crippen LogP) is 3.18. The summed E-state index contributed by atoms with van der Waals surface area (Å²) in [7, 11) is -7.44. The van der Waals surface area contributed by atoms with Gasteiger partial charge < -0.3 is 5.32 Å². The monoisotopic (exact) mass is 467 g/mol. The highest BCUT2D eigenvalue weighted by molar-refractivity contribution is 7.89. The maximum absolute atomic E-state index is 13.0. The topological polar surface area (TPSA) is 127 Å². The van der Waals surface area contributed by atoms with E-state index in [1.54, 1.807) is 0 Å². The van der Waals surface area contributed by atoms with E-state index in [9.17, 15) is 21.6 Å². The second-order valence-electron chi connectivity index (χ2n) is 7.16. The molecule has 10 heteroatoms. The van der Waals surface area contributed by atoms with Crippen LogP contribution < -0.4 is 10.5 Å². The molecule has 0 saturated carbocycles. The molecule has 0 heterocycles. The number of benzene rings is 2. The van der Waals surface area contributed by atoms with Crippen LogP contribution in [0.2, 0.25) is 0 Å². The number of anilines is 1. The Hall–Kier alpha value is -2.27. The van der Waals surface area contributed by atoms with Crippen molar-refractivity contribution in [2.24, 2.45) is 5.14 Å². The number of carbonyl (C=O) groups is 1. The van der Waals surface area contributed by atoms with Gasteiger partial charge in [0, 0.05) is 24.3 Å². The number of rotatable bonds is 11. The van der Waals surface area contributed by atoms with E-state index in [-0.39, 0.29) is 15.4 Å². The van der Waals surface area contributed by atoms with Crippen LogP contribution in [0, 0.1) is 0 Å². The van der Waals surface area contributed by atoms with Gasteiger partial charge in [-0.05, 0) is 61.4 Å². The molecule has 31 heavy (non-hydrogen) atoms. The molecule has 2 aromatic rings. The van der Waals surface area contributed by atoms with Crippen molar-refractivity contribution in [2.45, 2.75) is 49.3 Å². The van der Waals surface area contributed by atoms with E-state index >= 15 is 0 Å². The molecular weight excluding hydrogens is 438 g/mol. The fourth-order valence-electron chi connectivity index (χ4n) is 2.88. The second kappa shape index (κ2) is 10.9. The van der Waals surface area contributed by atoms with E-state index < -0.39 is 26.0 Å². The molecule has 0 aliphatic rings. The van der Waals surface area contributed by atoms with Crippen LogP contribution in [-0.4, -0.2) is 40.1 Å². The van der Waals surface area contributed by atoms with Gasteiger partial charge in [-0.25, -0.2) is 22.0 Å². The summed E-state index contributed by atoms with van der Waals surface area (Å²) >= 11 is 0. The first-order valence-corrected chi connectivity index (χ1v) is 13.1. The highest BCUT2D eigenvalue weighted by Gasteiger charge is 2.23. The molecule has 0 unspecified atom stereocenters. The molecule has 0 radical (unpaired) electrons. The molecule has 0 fully saturated rings. The normalized spacial score (nSPS) is 12.1. The van der Waals surface area contributed by atoms with Gasteiger partial charge in [0.1, 0.15) is 0 Å². The minimum Gasteiger partial charge on any atom is -0.322 e. The second-order valence-corrected chi connectivity index (χ2v) is 10.7. The van der Waals surface area contributed by atoms with Crippen LogP contribution in [-0.2, 0) is 20.0 Å². The van der Waals surface area contributed by atoms with E-state index in [1.165, 1.54) is 52.8 Å². The molecule has 0 aromatic heterocycles. The Kier molecular flexibility index (Phi) is 8.75. The van der Waals surface area contributed by atoms with Crippen LogP contribution in [0.3, 0.4) is 0 Å². The quantitative estimate of drug-likeness (QED) is 0.525. The molecule has 0 saturated heterocycles. The number of hydrogen-bond acceptors (Lipinski definition) is 5. The first-order valence-electron chi connectivity index (χ1n) is 10.1. The Morgan fingerprint density at radius 2 is 1.32 bits per heavy atom. The Morgan fingerprint density at radius 3 is 1.77 bits per heavy atom. The lowest BCUT2D eigenvalue weighted by atomic mass is 10.2. The van der Waals surface area contributed by atoms with Gasteiger partial charge in [-0.15, -0.1) is 0 Å². The molecule has 8 nitrogen and oxygen atoms in total. The van der Waals surface area contributed by atoms with Crippen molar-refractivity contribution < 1.29 is 21.6 Å². The number of amides is 1. The fraction of sp³-hybridized carbons (Fsp3) is 0.381. The molecule has 0 aliphatic carbocycles. The Labute approximate surface area is 184 Å². The van der Waals surface area contributed by atoms with Crippen molar-refractivity contribution >= 4 is 31.6 Å². The maximum atomic E-state index is 13.0. The van der Waals surface area contributed by atoms with Crippen molar-refractivity contribution in [3.63, 3.8) is 0 Å². The summed E-state index contributed by atoms with van der Waals surface area (Å²) in [5, 5.41) is 7.69. The fourth-order valence-corrected chi connectivity index (χ4v) is 4.91. The number of nitrogens with two attached hydrogens (primary N) is 1. The molecule has 0 aliphatic heterocycles. The molecule has 2 aromatic carbocycles. The van der Waals surface area contributed by atoms with E-state index in [2.05, 4.69) is 5.32 Å². The number of nitrogens with one attached hydrogen (secondary N) is 1. The molecular formula is C21H29N3O5S2. The third kappa shape index (κ3) is 6.86. The van der Waals surface area contributed by atoms with E-state index in [0.717, 1.165) is 25.7 Å². The van der Waals surface area contributed by atoms with Gasteiger partial charge in [0.25, 0.3) is 5.91 Å². The Balaban J connectivity index is 2.14. The van der Waals surface area contributed by atoms with Gasteiger partial charge in [0.15, 0.2) is 0 Å². The first kappa shape index (κ1) is 25.0. The molecule has 0 bridgehead atoms. The zero-order valence-corrected chi connectivity index (χ0v) is 19.4. The highest BCUT2D eigenvalue weighted by Crippen LogP contribution is 2.19. The number of carbonyl (C=O) groups excluding carboxylic acids is 1. The van der Waals surface area contributed by atoms with Crippen molar-refractivity contribution in [3.05, 3.63) is 54.1 Å². The summed E-state index contributed by atoms with van der Waals surface area (Å²) < 4.78 is 50.1. The van der Waals surface area contributed by atoms with Crippen LogP contribution >= 0.6 is 0 Å². The van der Waals surface area contributed by atoms with Gasteiger partial charge in [0.2, 0.25) is 20.0 Å². The maximum Gasteiger partial charge on any atom is 0.255 e. The minimum absolute atomic E-state index is 0.0595. The van der Waals surface area contributed by atoms with Gasteiger partial charge in [-0.3, -0.25) is 4.79 Å². The average Bonchev–Trinajstić information content (AvgIpc) is 2.73. The van der Waals surface area contributed by atoms with Crippen LogP contribution in [0.25, 0.3) is 0 Å². The van der Waals surface area contributed by atoms with Crippen molar-refractivity contribution in [1.29, 1.82) is 0 Å². The number of unbranched alkanes of at least 4 members (excludes halogenated alkanes) is 2. The van der Waals surface area contributed by atoms with Crippen LogP contribution in [0.5, 0.6) is 0 Å². The van der Waals surface area contributed by atoms with Gasteiger partial charge in [-0.1, -0.05) is 26.7 Å². The number of sulfonamides is 2. The Morgan fingerprint density at radius 1 is 0.839 bits per heavy atom. The molecule has 3 N–H and O–H groups in total. The minimum atomic E-state index is -3.81. The lowest BCUT2D eigenvalue weighted by molar-refractivity contribution is 0.102. The zero-order valence-electron chi connectivity index (χ0n) is 17.7. The van der Waals surface area contributed by atoms with Crippen LogP contribution in [0.15, 0.2) is 58.3 Å².